The molecule has 0 aromatic carbocycles. The van der Waals surface area contributed by atoms with Crippen LogP contribution in [0.3, 0.4) is 0 Å². The average molecular weight is 283 g/mol. The third-order valence-electron chi connectivity index (χ3n) is 3.33. The van der Waals surface area contributed by atoms with Crippen LogP contribution >= 0.6 is 0 Å². The van der Waals surface area contributed by atoms with Gasteiger partial charge < -0.3 is 15.3 Å². The molecule has 0 atom stereocenters. The summed E-state index contributed by atoms with van der Waals surface area (Å²) in [4.78, 5) is 27.3. The van der Waals surface area contributed by atoms with Crippen molar-refractivity contribution in [2.75, 3.05) is 45.9 Å². The summed E-state index contributed by atoms with van der Waals surface area (Å²) in [5, 5.41) is 11.4. The van der Waals surface area contributed by atoms with Crippen molar-refractivity contribution in [1.82, 2.24) is 15.1 Å². The standard InChI is InChI=1S/C14H25N3O3/c1-2-6-15-13(19)12-16-7-9-17(10-8-16)14(20)5-3-4-11-18/h2,18H,1,3-12H2,(H,15,19). The number of aliphatic hydroxyl groups excluding tert-OH is 1. The normalized spacial score (nSPS) is 15.9. The summed E-state index contributed by atoms with van der Waals surface area (Å²) in [7, 11) is 0. The molecule has 6 heteroatoms. The molecule has 1 aliphatic rings. The van der Waals surface area contributed by atoms with E-state index in [0.717, 1.165) is 19.5 Å². The largest absolute Gasteiger partial charge is 0.396 e. The van der Waals surface area contributed by atoms with Crippen molar-refractivity contribution < 1.29 is 14.7 Å². The highest BCUT2D eigenvalue weighted by Gasteiger charge is 2.21. The summed E-state index contributed by atoms with van der Waals surface area (Å²) in [6.45, 7) is 7.36. The molecule has 0 spiro atoms. The van der Waals surface area contributed by atoms with Crippen LogP contribution in [0.2, 0.25) is 0 Å². The van der Waals surface area contributed by atoms with Gasteiger partial charge in [0.05, 0.1) is 6.54 Å². The van der Waals surface area contributed by atoms with Crippen LogP contribution in [-0.2, 0) is 9.59 Å². The highest BCUT2D eigenvalue weighted by Crippen LogP contribution is 2.06. The number of piperazine rings is 1. The summed E-state index contributed by atoms with van der Waals surface area (Å²) in [5.41, 5.74) is 0. The van der Waals surface area contributed by atoms with Crippen LogP contribution in [0.15, 0.2) is 12.7 Å². The van der Waals surface area contributed by atoms with Gasteiger partial charge in [0.1, 0.15) is 0 Å². The van der Waals surface area contributed by atoms with E-state index in [1.807, 2.05) is 4.90 Å². The van der Waals surface area contributed by atoms with Crippen molar-refractivity contribution in [2.45, 2.75) is 19.3 Å². The Balaban J connectivity index is 2.20. The molecule has 2 amide bonds. The predicted octanol–water partition coefficient (Wildman–Crippen LogP) is -0.405. The number of unbranched alkanes of at least 4 members (excludes halogenated alkanes) is 1. The number of carbonyl (C=O) groups excluding carboxylic acids is 2. The molecule has 1 heterocycles. The van der Waals surface area contributed by atoms with Crippen molar-refractivity contribution in [3.63, 3.8) is 0 Å². The van der Waals surface area contributed by atoms with E-state index in [1.165, 1.54) is 0 Å². The molecule has 1 rings (SSSR count). The zero-order valence-electron chi connectivity index (χ0n) is 12.0. The number of hydrogen-bond donors (Lipinski definition) is 2. The Labute approximate surface area is 120 Å². The van der Waals surface area contributed by atoms with Gasteiger partial charge in [-0.2, -0.15) is 0 Å². The van der Waals surface area contributed by atoms with E-state index < -0.39 is 0 Å². The van der Waals surface area contributed by atoms with Crippen LogP contribution in [0.25, 0.3) is 0 Å². The van der Waals surface area contributed by atoms with E-state index in [2.05, 4.69) is 16.8 Å². The van der Waals surface area contributed by atoms with Gasteiger partial charge in [0.25, 0.3) is 0 Å². The lowest BCUT2D eigenvalue weighted by Gasteiger charge is -2.34. The summed E-state index contributed by atoms with van der Waals surface area (Å²) in [5.74, 6) is 0.141. The van der Waals surface area contributed by atoms with Crippen molar-refractivity contribution in [1.29, 1.82) is 0 Å². The zero-order chi connectivity index (χ0) is 14.8. The fourth-order valence-corrected chi connectivity index (χ4v) is 2.15. The molecule has 0 radical (unpaired) electrons. The monoisotopic (exact) mass is 283 g/mol. The minimum absolute atomic E-state index is 0.00683. The second kappa shape index (κ2) is 9.50. The fourth-order valence-electron chi connectivity index (χ4n) is 2.15. The summed E-state index contributed by atoms with van der Waals surface area (Å²) in [6.07, 6.45) is 3.57. The molecule has 0 aromatic heterocycles. The van der Waals surface area contributed by atoms with E-state index in [1.54, 1.807) is 6.08 Å². The minimum atomic E-state index is -0.00683. The smallest absolute Gasteiger partial charge is 0.234 e. The fraction of sp³-hybridized carbons (Fsp3) is 0.714. The topological polar surface area (TPSA) is 72.9 Å². The Kier molecular flexibility index (Phi) is 7.91. The average Bonchev–Trinajstić information content (AvgIpc) is 2.46. The first-order chi connectivity index (χ1) is 9.67. The first-order valence-corrected chi connectivity index (χ1v) is 7.16. The molecule has 0 saturated carbocycles. The van der Waals surface area contributed by atoms with E-state index in [0.29, 0.717) is 39.0 Å². The second-order valence-corrected chi connectivity index (χ2v) is 4.93. The highest BCUT2D eigenvalue weighted by molar-refractivity contribution is 5.78. The van der Waals surface area contributed by atoms with E-state index in [9.17, 15) is 9.59 Å². The number of aliphatic hydroxyl groups is 1. The number of nitrogens with one attached hydrogen (secondary N) is 1. The minimum Gasteiger partial charge on any atom is -0.396 e. The molecule has 0 aromatic rings. The van der Waals surface area contributed by atoms with Gasteiger partial charge >= 0.3 is 0 Å². The van der Waals surface area contributed by atoms with E-state index >= 15 is 0 Å². The lowest BCUT2D eigenvalue weighted by molar-refractivity contribution is -0.133. The van der Waals surface area contributed by atoms with Crippen LogP contribution < -0.4 is 5.32 Å². The Morgan fingerprint density at radius 1 is 1.20 bits per heavy atom. The molecule has 1 aliphatic heterocycles. The van der Waals surface area contributed by atoms with Gasteiger partial charge in [-0.1, -0.05) is 6.08 Å². The maximum absolute atomic E-state index is 11.9. The molecule has 0 unspecified atom stereocenters. The summed E-state index contributed by atoms with van der Waals surface area (Å²) < 4.78 is 0. The Morgan fingerprint density at radius 2 is 1.90 bits per heavy atom. The van der Waals surface area contributed by atoms with Crippen LogP contribution in [-0.4, -0.2) is 72.6 Å². The molecule has 1 saturated heterocycles. The molecule has 114 valence electrons. The molecular formula is C14H25N3O3. The SMILES string of the molecule is C=CCNC(=O)CN1CCN(C(=O)CCCCO)CC1. The lowest BCUT2D eigenvalue weighted by Crippen LogP contribution is -2.51. The Bertz CT molecular complexity index is 326. The Morgan fingerprint density at radius 3 is 2.50 bits per heavy atom. The van der Waals surface area contributed by atoms with Gasteiger partial charge in [-0.15, -0.1) is 6.58 Å². The van der Waals surface area contributed by atoms with Gasteiger partial charge in [-0.05, 0) is 12.8 Å². The third kappa shape index (κ3) is 6.16. The van der Waals surface area contributed by atoms with Gasteiger partial charge in [0.15, 0.2) is 0 Å². The van der Waals surface area contributed by atoms with Crippen molar-refractivity contribution in [3.8, 4) is 0 Å². The van der Waals surface area contributed by atoms with Gasteiger partial charge in [0, 0.05) is 45.8 Å². The van der Waals surface area contributed by atoms with Crippen molar-refractivity contribution in [3.05, 3.63) is 12.7 Å². The molecule has 6 nitrogen and oxygen atoms in total. The number of hydrogen-bond acceptors (Lipinski definition) is 4. The molecular weight excluding hydrogens is 258 g/mol. The summed E-state index contributed by atoms with van der Waals surface area (Å²) in [6, 6.07) is 0. The van der Waals surface area contributed by atoms with Crippen LogP contribution in [0.4, 0.5) is 0 Å². The number of rotatable bonds is 8. The Hall–Kier alpha value is -1.40. The van der Waals surface area contributed by atoms with Crippen molar-refractivity contribution in [2.24, 2.45) is 0 Å². The first-order valence-electron chi connectivity index (χ1n) is 7.16. The molecule has 20 heavy (non-hydrogen) atoms. The highest BCUT2D eigenvalue weighted by atomic mass is 16.3. The van der Waals surface area contributed by atoms with Gasteiger partial charge in [-0.3, -0.25) is 14.5 Å². The molecule has 1 fully saturated rings. The van der Waals surface area contributed by atoms with E-state index in [-0.39, 0.29) is 18.4 Å². The van der Waals surface area contributed by atoms with E-state index in [4.69, 9.17) is 5.11 Å². The first kappa shape index (κ1) is 16.7. The zero-order valence-corrected chi connectivity index (χ0v) is 12.0. The van der Waals surface area contributed by atoms with Gasteiger partial charge in [-0.25, -0.2) is 0 Å². The summed E-state index contributed by atoms with van der Waals surface area (Å²) >= 11 is 0. The third-order valence-corrected chi connectivity index (χ3v) is 3.33. The number of carbonyl (C=O) groups is 2. The molecule has 0 bridgehead atoms. The lowest BCUT2D eigenvalue weighted by atomic mass is 10.2. The van der Waals surface area contributed by atoms with Crippen LogP contribution in [0, 0.1) is 0 Å². The number of amides is 2. The second-order valence-electron chi connectivity index (χ2n) is 4.93. The maximum atomic E-state index is 11.9. The molecule has 0 aliphatic carbocycles. The maximum Gasteiger partial charge on any atom is 0.234 e. The van der Waals surface area contributed by atoms with Crippen molar-refractivity contribution >= 4 is 11.8 Å². The van der Waals surface area contributed by atoms with Crippen LogP contribution in [0.1, 0.15) is 19.3 Å². The van der Waals surface area contributed by atoms with Gasteiger partial charge in [0.2, 0.25) is 11.8 Å². The van der Waals surface area contributed by atoms with Crippen LogP contribution in [0.5, 0.6) is 0 Å². The predicted molar refractivity (Wildman–Crippen MR) is 77.2 cm³/mol. The number of nitrogens with zero attached hydrogens (tertiary/aromatic N) is 2. The molecule has 2 N–H and O–H groups in total. The quantitative estimate of drug-likeness (QED) is 0.469.